The SMILES string of the molecule is N#CC1(Cc2ccc(F)cc2)CCN(C(=O)COc2ccc(Cl)c([N+](=O)[O-])c2)CC1. The normalized spacial score (nSPS) is 15.3. The van der Waals surface area contributed by atoms with Gasteiger partial charge in [0, 0.05) is 13.1 Å². The lowest BCUT2D eigenvalue weighted by molar-refractivity contribution is -0.384. The molecule has 1 amide bonds. The van der Waals surface area contributed by atoms with Gasteiger partial charge in [-0.15, -0.1) is 0 Å². The second-order valence-electron chi connectivity index (χ2n) is 7.24. The highest BCUT2D eigenvalue weighted by Crippen LogP contribution is 2.35. The fourth-order valence-electron chi connectivity index (χ4n) is 3.46. The van der Waals surface area contributed by atoms with Crippen LogP contribution in [0.3, 0.4) is 0 Å². The molecule has 3 rings (SSSR count). The summed E-state index contributed by atoms with van der Waals surface area (Å²) in [5, 5.41) is 20.6. The summed E-state index contributed by atoms with van der Waals surface area (Å²) in [4.78, 5) is 24.4. The fourth-order valence-corrected chi connectivity index (χ4v) is 3.65. The number of carbonyl (C=O) groups excluding carboxylic acids is 1. The summed E-state index contributed by atoms with van der Waals surface area (Å²) in [7, 11) is 0. The third-order valence-electron chi connectivity index (χ3n) is 5.24. The van der Waals surface area contributed by atoms with Crippen molar-refractivity contribution in [2.24, 2.45) is 5.41 Å². The highest BCUT2D eigenvalue weighted by atomic mass is 35.5. The van der Waals surface area contributed by atoms with Crippen molar-refractivity contribution < 1.29 is 18.8 Å². The van der Waals surface area contributed by atoms with Crippen LogP contribution >= 0.6 is 11.6 Å². The standard InChI is InChI=1S/C21H19ClFN3O4/c22-18-6-5-17(11-19(18)26(28)29)30-13-20(27)25-9-7-21(14-24,8-10-25)12-15-1-3-16(23)4-2-15/h1-6,11H,7-10,12-13H2. The van der Waals surface area contributed by atoms with Crippen molar-refractivity contribution in [1.82, 2.24) is 4.90 Å². The van der Waals surface area contributed by atoms with Crippen molar-refractivity contribution in [1.29, 1.82) is 5.26 Å². The van der Waals surface area contributed by atoms with Crippen LogP contribution in [0.15, 0.2) is 42.5 Å². The highest BCUT2D eigenvalue weighted by molar-refractivity contribution is 6.32. The second-order valence-corrected chi connectivity index (χ2v) is 7.64. The Morgan fingerprint density at radius 2 is 1.93 bits per heavy atom. The van der Waals surface area contributed by atoms with Crippen molar-refractivity contribution in [3.63, 3.8) is 0 Å². The van der Waals surface area contributed by atoms with Gasteiger partial charge in [0.2, 0.25) is 0 Å². The number of ether oxygens (including phenoxy) is 1. The van der Waals surface area contributed by atoms with Gasteiger partial charge >= 0.3 is 0 Å². The minimum Gasteiger partial charge on any atom is -0.484 e. The van der Waals surface area contributed by atoms with Crippen LogP contribution in [0.25, 0.3) is 0 Å². The quantitative estimate of drug-likeness (QED) is 0.505. The first-order chi connectivity index (χ1) is 14.3. The van der Waals surface area contributed by atoms with Gasteiger partial charge in [0.05, 0.1) is 22.5 Å². The Kier molecular flexibility index (Phi) is 6.53. The third kappa shape index (κ3) is 5.05. The number of hydrogen-bond acceptors (Lipinski definition) is 5. The summed E-state index contributed by atoms with van der Waals surface area (Å²) in [5.74, 6) is -0.406. The molecule has 9 heteroatoms. The van der Waals surface area contributed by atoms with E-state index in [4.69, 9.17) is 16.3 Å². The fraction of sp³-hybridized carbons (Fsp3) is 0.333. The maximum atomic E-state index is 13.1. The number of rotatable bonds is 6. The number of amides is 1. The van der Waals surface area contributed by atoms with Gasteiger partial charge < -0.3 is 9.64 Å². The number of nitro groups is 1. The van der Waals surface area contributed by atoms with Crippen LogP contribution < -0.4 is 4.74 Å². The van der Waals surface area contributed by atoms with E-state index in [9.17, 15) is 24.6 Å². The number of nitrogens with zero attached hydrogens (tertiary/aromatic N) is 3. The predicted molar refractivity (Wildman–Crippen MR) is 108 cm³/mol. The summed E-state index contributed by atoms with van der Waals surface area (Å²) >= 11 is 5.76. The topological polar surface area (TPSA) is 96.5 Å². The minimum absolute atomic E-state index is 0.0105. The van der Waals surface area contributed by atoms with Gasteiger partial charge in [0.25, 0.3) is 11.6 Å². The molecule has 30 heavy (non-hydrogen) atoms. The molecule has 1 fully saturated rings. The Hall–Kier alpha value is -3.18. The molecule has 0 saturated carbocycles. The summed E-state index contributed by atoms with van der Waals surface area (Å²) in [6.07, 6.45) is 1.49. The summed E-state index contributed by atoms with van der Waals surface area (Å²) in [6, 6.07) is 12.4. The second kappa shape index (κ2) is 9.09. The van der Waals surface area contributed by atoms with Gasteiger partial charge in [-0.1, -0.05) is 23.7 Å². The average molecular weight is 432 g/mol. The predicted octanol–water partition coefficient (Wildman–Crippen LogP) is 4.14. The van der Waals surface area contributed by atoms with Gasteiger partial charge in [0.15, 0.2) is 6.61 Å². The lowest BCUT2D eigenvalue weighted by Gasteiger charge is -2.37. The molecule has 0 N–H and O–H groups in total. The van der Waals surface area contributed by atoms with Gasteiger partial charge in [-0.25, -0.2) is 4.39 Å². The molecule has 0 radical (unpaired) electrons. The number of hydrogen-bond donors (Lipinski definition) is 0. The molecule has 1 aliphatic heterocycles. The first kappa shape index (κ1) is 21.5. The van der Waals surface area contributed by atoms with Crippen LogP contribution in [0.4, 0.5) is 10.1 Å². The van der Waals surface area contributed by atoms with E-state index in [0.717, 1.165) is 5.56 Å². The molecule has 1 aliphatic rings. The monoisotopic (exact) mass is 431 g/mol. The maximum absolute atomic E-state index is 13.1. The van der Waals surface area contributed by atoms with E-state index in [1.54, 1.807) is 17.0 Å². The molecule has 0 unspecified atom stereocenters. The molecule has 1 saturated heterocycles. The molecule has 0 aromatic heterocycles. The van der Waals surface area contributed by atoms with E-state index in [1.165, 1.54) is 30.3 Å². The third-order valence-corrected chi connectivity index (χ3v) is 5.56. The average Bonchev–Trinajstić information content (AvgIpc) is 2.75. The molecule has 7 nitrogen and oxygen atoms in total. The minimum atomic E-state index is -0.621. The highest BCUT2D eigenvalue weighted by Gasteiger charge is 2.36. The Labute approximate surface area is 177 Å². The van der Waals surface area contributed by atoms with Gasteiger partial charge in [-0.2, -0.15) is 5.26 Å². The molecular weight excluding hydrogens is 413 g/mol. The van der Waals surface area contributed by atoms with Crippen LogP contribution in [0, 0.1) is 32.7 Å². The van der Waals surface area contributed by atoms with Gasteiger partial charge in [-0.3, -0.25) is 14.9 Å². The van der Waals surface area contributed by atoms with E-state index in [0.29, 0.717) is 32.4 Å². The maximum Gasteiger partial charge on any atom is 0.291 e. The summed E-state index contributed by atoms with van der Waals surface area (Å²) < 4.78 is 18.5. The number of nitro benzene ring substituents is 1. The van der Waals surface area contributed by atoms with Gasteiger partial charge in [0.1, 0.15) is 16.6 Å². The first-order valence-electron chi connectivity index (χ1n) is 9.32. The van der Waals surface area contributed by atoms with E-state index >= 15 is 0 Å². The summed E-state index contributed by atoms with van der Waals surface area (Å²) in [6.45, 7) is 0.533. The van der Waals surface area contributed by atoms with Gasteiger partial charge in [-0.05, 0) is 49.1 Å². The van der Waals surface area contributed by atoms with Crippen LogP contribution in [0.5, 0.6) is 5.75 Å². The van der Waals surface area contributed by atoms with Crippen molar-refractivity contribution in [2.75, 3.05) is 19.7 Å². The molecule has 1 heterocycles. The number of nitriles is 1. The molecule has 2 aromatic rings. The zero-order valence-corrected chi connectivity index (χ0v) is 16.8. The van der Waals surface area contributed by atoms with E-state index in [-0.39, 0.29) is 34.8 Å². The first-order valence-corrected chi connectivity index (χ1v) is 9.70. The molecule has 2 aromatic carbocycles. The number of likely N-dealkylation sites (tertiary alicyclic amines) is 1. The van der Waals surface area contributed by atoms with Crippen LogP contribution in [-0.2, 0) is 11.2 Å². The largest absolute Gasteiger partial charge is 0.484 e. The van der Waals surface area contributed by atoms with Crippen molar-refractivity contribution in [3.05, 3.63) is 69.0 Å². The number of carbonyl (C=O) groups is 1. The zero-order valence-electron chi connectivity index (χ0n) is 16.0. The van der Waals surface area contributed by atoms with Crippen LogP contribution in [0.2, 0.25) is 5.02 Å². The number of benzene rings is 2. The van der Waals surface area contributed by atoms with Crippen molar-refractivity contribution in [3.8, 4) is 11.8 Å². The summed E-state index contributed by atoms with van der Waals surface area (Å²) in [5.41, 5.74) is -0.0173. The lowest BCUT2D eigenvalue weighted by Crippen LogP contribution is -2.45. The van der Waals surface area contributed by atoms with E-state index in [2.05, 4.69) is 6.07 Å². The van der Waals surface area contributed by atoms with E-state index in [1.807, 2.05) is 0 Å². The zero-order chi connectivity index (χ0) is 21.7. The van der Waals surface area contributed by atoms with Crippen molar-refractivity contribution in [2.45, 2.75) is 19.3 Å². The lowest BCUT2D eigenvalue weighted by atomic mass is 9.75. The number of halogens is 2. The Balaban J connectivity index is 1.56. The Bertz CT molecular complexity index is 983. The van der Waals surface area contributed by atoms with Crippen LogP contribution in [-0.4, -0.2) is 35.4 Å². The molecule has 0 atom stereocenters. The van der Waals surface area contributed by atoms with Crippen molar-refractivity contribution >= 4 is 23.2 Å². The van der Waals surface area contributed by atoms with Crippen LogP contribution in [0.1, 0.15) is 18.4 Å². The Morgan fingerprint density at radius 1 is 1.27 bits per heavy atom. The molecule has 0 spiro atoms. The molecule has 0 bridgehead atoms. The molecule has 0 aliphatic carbocycles. The van der Waals surface area contributed by atoms with E-state index < -0.39 is 10.3 Å². The number of piperidine rings is 1. The smallest absolute Gasteiger partial charge is 0.291 e. The molecular formula is C21H19ClFN3O4. The molecule has 156 valence electrons. The Morgan fingerprint density at radius 3 is 2.53 bits per heavy atom.